The van der Waals surface area contributed by atoms with Crippen LogP contribution in [0.3, 0.4) is 0 Å². The Bertz CT molecular complexity index is 481. The molecule has 0 amide bonds. The maximum absolute atomic E-state index is 12.1. The number of alkyl halides is 1. The minimum atomic E-state index is -0.448. The fourth-order valence-electron chi connectivity index (χ4n) is 3.28. The highest BCUT2D eigenvalue weighted by Crippen LogP contribution is 2.39. The average molecular weight is 282 g/mol. The SMILES string of the molecule is Cc1cc(C(=O)C(C)Cl)c(C)n1CC1(C)CCCC1. The summed E-state index contributed by atoms with van der Waals surface area (Å²) in [6.45, 7) is 9.26. The van der Waals surface area contributed by atoms with Crippen molar-refractivity contribution in [3.05, 3.63) is 23.0 Å². The number of carbonyl (C=O) groups excluding carboxylic acids is 1. The molecular formula is C16H24ClNO. The van der Waals surface area contributed by atoms with E-state index in [4.69, 9.17) is 11.6 Å². The van der Waals surface area contributed by atoms with E-state index in [0.29, 0.717) is 5.41 Å². The Morgan fingerprint density at radius 1 is 1.42 bits per heavy atom. The molecule has 106 valence electrons. The monoisotopic (exact) mass is 281 g/mol. The number of aromatic nitrogens is 1. The molecule has 1 aliphatic rings. The maximum Gasteiger partial charge on any atom is 0.182 e. The average Bonchev–Trinajstić information content (AvgIpc) is 2.88. The Labute approximate surface area is 121 Å². The highest BCUT2D eigenvalue weighted by atomic mass is 35.5. The van der Waals surface area contributed by atoms with Crippen LogP contribution in [0.1, 0.15) is 61.3 Å². The summed E-state index contributed by atoms with van der Waals surface area (Å²) in [4.78, 5) is 12.1. The van der Waals surface area contributed by atoms with E-state index in [9.17, 15) is 4.79 Å². The van der Waals surface area contributed by atoms with Gasteiger partial charge in [0.2, 0.25) is 0 Å². The van der Waals surface area contributed by atoms with Crippen molar-refractivity contribution in [1.29, 1.82) is 0 Å². The second-order valence-corrected chi connectivity index (χ2v) is 7.02. The topological polar surface area (TPSA) is 22.0 Å². The quantitative estimate of drug-likeness (QED) is 0.588. The third-order valence-electron chi connectivity index (χ3n) is 4.55. The minimum absolute atomic E-state index is 0.0394. The normalized spacial score (nSPS) is 19.6. The molecular weight excluding hydrogens is 258 g/mol. The van der Waals surface area contributed by atoms with Crippen LogP contribution in [-0.2, 0) is 6.54 Å². The van der Waals surface area contributed by atoms with Crippen molar-refractivity contribution >= 4 is 17.4 Å². The zero-order valence-electron chi connectivity index (χ0n) is 12.4. The standard InChI is InChI=1S/C16H24ClNO/c1-11-9-14(15(19)12(2)17)13(3)18(11)10-16(4)7-5-6-8-16/h9,12H,5-8,10H2,1-4H3. The molecule has 1 fully saturated rings. The molecule has 1 aromatic rings. The fourth-order valence-corrected chi connectivity index (χ4v) is 3.39. The first kappa shape index (κ1) is 14.6. The van der Waals surface area contributed by atoms with Crippen LogP contribution in [-0.4, -0.2) is 15.7 Å². The fraction of sp³-hybridized carbons (Fsp3) is 0.688. The van der Waals surface area contributed by atoms with Crippen molar-refractivity contribution in [2.75, 3.05) is 0 Å². The lowest BCUT2D eigenvalue weighted by Crippen LogP contribution is -2.21. The number of carbonyl (C=O) groups is 1. The molecule has 0 N–H and O–H groups in total. The first-order valence-corrected chi connectivity index (χ1v) is 7.63. The lowest BCUT2D eigenvalue weighted by atomic mass is 9.88. The van der Waals surface area contributed by atoms with Gasteiger partial charge in [-0.1, -0.05) is 19.8 Å². The largest absolute Gasteiger partial charge is 0.348 e. The number of Topliss-reactive ketones (excluding diaryl/α,β-unsaturated/α-hetero) is 1. The summed E-state index contributed by atoms with van der Waals surface area (Å²) in [5.41, 5.74) is 3.43. The summed E-state index contributed by atoms with van der Waals surface area (Å²) < 4.78 is 2.30. The molecule has 0 saturated heterocycles. The van der Waals surface area contributed by atoms with Gasteiger partial charge in [-0.15, -0.1) is 11.6 Å². The van der Waals surface area contributed by atoms with Crippen LogP contribution in [0, 0.1) is 19.3 Å². The molecule has 0 bridgehead atoms. The highest BCUT2D eigenvalue weighted by Gasteiger charge is 2.30. The summed E-state index contributed by atoms with van der Waals surface area (Å²) in [6.07, 6.45) is 5.25. The molecule has 1 aromatic heterocycles. The van der Waals surface area contributed by atoms with E-state index in [-0.39, 0.29) is 5.78 Å². The molecule has 2 nitrogen and oxygen atoms in total. The van der Waals surface area contributed by atoms with Crippen molar-refractivity contribution in [3.63, 3.8) is 0 Å². The van der Waals surface area contributed by atoms with Crippen molar-refractivity contribution in [1.82, 2.24) is 4.57 Å². The number of aryl methyl sites for hydroxylation is 1. The molecule has 0 aromatic carbocycles. The van der Waals surface area contributed by atoms with E-state index in [2.05, 4.69) is 18.4 Å². The predicted octanol–water partition coefficient (Wildman–Crippen LogP) is 4.50. The van der Waals surface area contributed by atoms with Crippen LogP contribution in [0.4, 0.5) is 0 Å². The Hall–Kier alpha value is -0.760. The van der Waals surface area contributed by atoms with Crippen molar-refractivity contribution in [3.8, 4) is 0 Å². The Kier molecular flexibility index (Phi) is 4.10. The maximum atomic E-state index is 12.1. The molecule has 2 rings (SSSR count). The van der Waals surface area contributed by atoms with Gasteiger partial charge in [0.05, 0.1) is 5.38 Å². The van der Waals surface area contributed by atoms with E-state index in [0.717, 1.165) is 17.8 Å². The van der Waals surface area contributed by atoms with Gasteiger partial charge in [-0.3, -0.25) is 4.79 Å². The molecule has 1 atom stereocenters. The second kappa shape index (κ2) is 5.32. The number of hydrogen-bond donors (Lipinski definition) is 0. The van der Waals surface area contributed by atoms with E-state index in [1.807, 2.05) is 13.0 Å². The van der Waals surface area contributed by atoms with Crippen LogP contribution in [0.15, 0.2) is 6.07 Å². The molecule has 0 radical (unpaired) electrons. The van der Waals surface area contributed by atoms with Gasteiger partial charge in [-0.25, -0.2) is 0 Å². The van der Waals surface area contributed by atoms with Crippen molar-refractivity contribution in [2.24, 2.45) is 5.41 Å². The highest BCUT2D eigenvalue weighted by molar-refractivity contribution is 6.33. The van der Waals surface area contributed by atoms with Crippen LogP contribution in [0.2, 0.25) is 0 Å². The van der Waals surface area contributed by atoms with E-state index in [1.165, 1.54) is 31.4 Å². The van der Waals surface area contributed by atoms with Gasteiger partial charge in [-0.2, -0.15) is 0 Å². The smallest absolute Gasteiger partial charge is 0.182 e. The van der Waals surface area contributed by atoms with Crippen molar-refractivity contribution < 1.29 is 4.79 Å². The number of ketones is 1. The summed E-state index contributed by atoms with van der Waals surface area (Å²) >= 11 is 5.94. The number of hydrogen-bond acceptors (Lipinski definition) is 1. The molecule has 0 aliphatic heterocycles. The van der Waals surface area contributed by atoms with E-state index in [1.54, 1.807) is 6.92 Å². The van der Waals surface area contributed by atoms with E-state index < -0.39 is 5.38 Å². The summed E-state index contributed by atoms with van der Waals surface area (Å²) in [5, 5.41) is -0.448. The van der Waals surface area contributed by atoms with Crippen LogP contribution >= 0.6 is 11.6 Å². The van der Waals surface area contributed by atoms with Crippen LogP contribution < -0.4 is 0 Å². The van der Waals surface area contributed by atoms with Gasteiger partial charge in [0.1, 0.15) is 0 Å². The summed E-state index contributed by atoms with van der Waals surface area (Å²) in [6, 6.07) is 1.99. The molecule has 0 spiro atoms. The predicted molar refractivity (Wildman–Crippen MR) is 80.1 cm³/mol. The first-order chi connectivity index (χ1) is 8.84. The molecule has 1 unspecified atom stereocenters. The molecule has 1 heterocycles. The zero-order valence-corrected chi connectivity index (χ0v) is 13.2. The van der Waals surface area contributed by atoms with Gasteiger partial charge in [0.15, 0.2) is 5.78 Å². The Morgan fingerprint density at radius 2 is 2.00 bits per heavy atom. The molecule has 1 aliphatic carbocycles. The third kappa shape index (κ3) is 2.89. The van der Waals surface area contributed by atoms with Crippen LogP contribution in [0.5, 0.6) is 0 Å². The molecule has 1 saturated carbocycles. The van der Waals surface area contributed by atoms with E-state index >= 15 is 0 Å². The van der Waals surface area contributed by atoms with Gasteiger partial charge in [0.25, 0.3) is 0 Å². The van der Waals surface area contributed by atoms with Gasteiger partial charge in [0, 0.05) is 23.5 Å². The van der Waals surface area contributed by atoms with Crippen LogP contribution in [0.25, 0.3) is 0 Å². The molecule has 19 heavy (non-hydrogen) atoms. The lowest BCUT2D eigenvalue weighted by Gasteiger charge is -2.26. The Balaban J connectivity index is 2.29. The Morgan fingerprint density at radius 3 is 2.53 bits per heavy atom. The van der Waals surface area contributed by atoms with Crippen molar-refractivity contribution in [2.45, 2.75) is 65.3 Å². The summed E-state index contributed by atoms with van der Waals surface area (Å²) in [5.74, 6) is 0.0394. The minimum Gasteiger partial charge on any atom is -0.348 e. The zero-order chi connectivity index (χ0) is 14.2. The first-order valence-electron chi connectivity index (χ1n) is 7.19. The second-order valence-electron chi connectivity index (χ2n) is 6.37. The van der Waals surface area contributed by atoms with Gasteiger partial charge < -0.3 is 4.57 Å². The molecule has 3 heteroatoms. The summed E-state index contributed by atoms with van der Waals surface area (Å²) in [7, 11) is 0. The number of nitrogens with zero attached hydrogens (tertiary/aromatic N) is 1. The van der Waals surface area contributed by atoms with Gasteiger partial charge >= 0.3 is 0 Å². The lowest BCUT2D eigenvalue weighted by molar-refractivity contribution is 0.0991. The third-order valence-corrected chi connectivity index (χ3v) is 4.75. The number of rotatable bonds is 4. The number of halogens is 1. The van der Waals surface area contributed by atoms with Gasteiger partial charge in [-0.05, 0) is 45.1 Å².